The number of nitrogens with one attached hydrogen (secondary N) is 1. The van der Waals surface area contributed by atoms with Crippen LogP contribution in [0.4, 0.5) is 11.5 Å². The molecule has 2 rings (SSSR count). The maximum Gasteiger partial charge on any atom is 0.148 e. The van der Waals surface area contributed by atoms with Crippen LogP contribution in [0.25, 0.3) is 0 Å². The molecule has 0 aliphatic heterocycles. The van der Waals surface area contributed by atoms with Gasteiger partial charge in [0.25, 0.3) is 0 Å². The van der Waals surface area contributed by atoms with Crippen molar-refractivity contribution in [1.29, 1.82) is 0 Å². The number of aromatic nitrogens is 2. The summed E-state index contributed by atoms with van der Waals surface area (Å²) < 4.78 is 1.76. The highest BCUT2D eigenvalue weighted by atomic mass is 16.3. The van der Waals surface area contributed by atoms with Gasteiger partial charge < -0.3 is 16.2 Å². The third-order valence-electron chi connectivity index (χ3n) is 3.77. The molecule has 1 fully saturated rings. The summed E-state index contributed by atoms with van der Waals surface area (Å²) in [6, 6.07) is 0. The molecule has 1 aliphatic rings. The highest BCUT2D eigenvalue weighted by Crippen LogP contribution is 2.33. The Labute approximate surface area is 102 Å². The summed E-state index contributed by atoms with van der Waals surface area (Å²) in [5.41, 5.74) is 7.31. The quantitative estimate of drug-likeness (QED) is 0.744. The Bertz CT molecular complexity index is 393. The summed E-state index contributed by atoms with van der Waals surface area (Å²) in [6.45, 7) is 2.05. The fraction of sp³-hybridized carbons (Fsp3) is 0.750. The normalized spacial score (nSPS) is 19.2. The van der Waals surface area contributed by atoms with Crippen molar-refractivity contribution in [2.45, 2.75) is 44.6 Å². The van der Waals surface area contributed by atoms with Crippen molar-refractivity contribution in [3.8, 4) is 0 Å². The van der Waals surface area contributed by atoms with Crippen molar-refractivity contribution in [3.63, 3.8) is 0 Å². The zero-order chi connectivity index (χ0) is 12.5. The number of rotatable bonds is 3. The Kier molecular flexibility index (Phi) is 3.28. The van der Waals surface area contributed by atoms with Gasteiger partial charge in [-0.3, -0.25) is 4.68 Å². The Morgan fingerprint density at radius 3 is 2.53 bits per heavy atom. The number of anilines is 2. The fourth-order valence-electron chi connectivity index (χ4n) is 2.63. The molecule has 4 N–H and O–H groups in total. The monoisotopic (exact) mass is 238 g/mol. The van der Waals surface area contributed by atoms with Gasteiger partial charge in [-0.1, -0.05) is 19.3 Å². The van der Waals surface area contributed by atoms with Crippen LogP contribution in [0.1, 0.15) is 37.8 Å². The molecule has 0 aromatic carbocycles. The summed E-state index contributed by atoms with van der Waals surface area (Å²) in [5, 5.41) is 17.4. The predicted molar refractivity (Wildman–Crippen MR) is 68.9 cm³/mol. The van der Waals surface area contributed by atoms with E-state index in [4.69, 9.17) is 5.73 Å². The lowest BCUT2D eigenvalue weighted by Crippen LogP contribution is -2.44. The molecule has 0 amide bonds. The van der Waals surface area contributed by atoms with E-state index in [-0.39, 0.29) is 12.1 Å². The van der Waals surface area contributed by atoms with Crippen LogP contribution in [0.2, 0.25) is 0 Å². The van der Waals surface area contributed by atoms with Crippen LogP contribution in [-0.2, 0) is 7.05 Å². The molecule has 0 radical (unpaired) electrons. The van der Waals surface area contributed by atoms with Crippen molar-refractivity contribution in [2.24, 2.45) is 7.05 Å². The molecular formula is C12H22N4O. The van der Waals surface area contributed by atoms with Gasteiger partial charge in [0.05, 0.1) is 23.5 Å². The number of aliphatic hydroxyl groups excluding tert-OH is 1. The van der Waals surface area contributed by atoms with E-state index in [0.717, 1.165) is 37.2 Å². The number of nitrogen functional groups attached to an aromatic ring is 1. The largest absolute Gasteiger partial charge is 0.394 e. The second kappa shape index (κ2) is 4.56. The highest BCUT2D eigenvalue weighted by molar-refractivity contribution is 5.65. The maximum atomic E-state index is 9.66. The van der Waals surface area contributed by atoms with E-state index in [0.29, 0.717) is 5.69 Å². The van der Waals surface area contributed by atoms with Gasteiger partial charge in [0.15, 0.2) is 0 Å². The summed E-state index contributed by atoms with van der Waals surface area (Å²) in [6.07, 6.45) is 5.55. The van der Waals surface area contributed by atoms with E-state index in [9.17, 15) is 5.11 Å². The van der Waals surface area contributed by atoms with Crippen LogP contribution in [0.5, 0.6) is 0 Å². The first-order valence-electron chi connectivity index (χ1n) is 6.26. The van der Waals surface area contributed by atoms with Gasteiger partial charge in [-0.25, -0.2) is 0 Å². The molecule has 0 unspecified atom stereocenters. The van der Waals surface area contributed by atoms with E-state index >= 15 is 0 Å². The van der Waals surface area contributed by atoms with Crippen molar-refractivity contribution in [2.75, 3.05) is 17.7 Å². The lowest BCUT2D eigenvalue weighted by Gasteiger charge is -2.37. The summed E-state index contributed by atoms with van der Waals surface area (Å²) >= 11 is 0. The molecule has 5 nitrogen and oxygen atoms in total. The molecule has 0 atom stereocenters. The lowest BCUT2D eigenvalue weighted by molar-refractivity contribution is 0.172. The molecule has 0 bridgehead atoms. The number of nitrogens with two attached hydrogens (primary N) is 1. The fourth-order valence-corrected chi connectivity index (χ4v) is 2.63. The maximum absolute atomic E-state index is 9.66. The third kappa shape index (κ3) is 2.24. The Morgan fingerprint density at radius 1 is 1.41 bits per heavy atom. The summed E-state index contributed by atoms with van der Waals surface area (Å²) in [4.78, 5) is 0. The van der Waals surface area contributed by atoms with Gasteiger partial charge in [0, 0.05) is 7.05 Å². The van der Waals surface area contributed by atoms with E-state index in [1.54, 1.807) is 4.68 Å². The summed E-state index contributed by atoms with van der Waals surface area (Å²) in [7, 11) is 1.87. The van der Waals surface area contributed by atoms with Gasteiger partial charge in [-0.2, -0.15) is 5.10 Å². The molecule has 17 heavy (non-hydrogen) atoms. The van der Waals surface area contributed by atoms with Gasteiger partial charge in [0.1, 0.15) is 5.82 Å². The van der Waals surface area contributed by atoms with Crippen LogP contribution in [0.15, 0.2) is 0 Å². The average molecular weight is 238 g/mol. The molecule has 5 heteroatoms. The topological polar surface area (TPSA) is 76.1 Å². The van der Waals surface area contributed by atoms with Gasteiger partial charge in [-0.15, -0.1) is 0 Å². The van der Waals surface area contributed by atoms with E-state index in [1.165, 1.54) is 6.42 Å². The average Bonchev–Trinajstić information content (AvgIpc) is 2.57. The molecule has 0 saturated heterocycles. The van der Waals surface area contributed by atoms with Crippen LogP contribution < -0.4 is 11.1 Å². The lowest BCUT2D eigenvalue weighted by atomic mass is 9.82. The third-order valence-corrected chi connectivity index (χ3v) is 3.77. The minimum atomic E-state index is -0.216. The Balaban J connectivity index is 2.23. The van der Waals surface area contributed by atoms with Crippen molar-refractivity contribution < 1.29 is 5.11 Å². The van der Waals surface area contributed by atoms with Gasteiger partial charge in [0.2, 0.25) is 0 Å². The zero-order valence-corrected chi connectivity index (χ0v) is 10.7. The molecule has 1 aliphatic carbocycles. The Hall–Kier alpha value is -1.23. The Morgan fingerprint density at radius 2 is 2.06 bits per heavy atom. The van der Waals surface area contributed by atoms with Crippen LogP contribution in [0.3, 0.4) is 0 Å². The van der Waals surface area contributed by atoms with E-state index in [2.05, 4.69) is 10.4 Å². The number of hydrogen-bond donors (Lipinski definition) is 3. The molecule has 1 saturated carbocycles. The van der Waals surface area contributed by atoms with Gasteiger partial charge >= 0.3 is 0 Å². The first-order valence-corrected chi connectivity index (χ1v) is 6.26. The predicted octanol–water partition coefficient (Wildman–Crippen LogP) is 1.42. The standard InChI is InChI=1S/C12H22N4O/c1-9-10(13)11(16(2)15-9)14-12(8-17)6-4-3-5-7-12/h14,17H,3-8,13H2,1-2H3. The number of aryl methyl sites for hydroxylation is 2. The minimum Gasteiger partial charge on any atom is -0.394 e. The second-order valence-electron chi connectivity index (χ2n) is 5.10. The first kappa shape index (κ1) is 12.2. The van der Waals surface area contributed by atoms with Crippen molar-refractivity contribution in [1.82, 2.24) is 9.78 Å². The number of aliphatic hydroxyl groups is 1. The van der Waals surface area contributed by atoms with Crippen molar-refractivity contribution in [3.05, 3.63) is 5.69 Å². The molecule has 0 spiro atoms. The van der Waals surface area contributed by atoms with Crippen molar-refractivity contribution >= 4 is 11.5 Å². The molecule has 1 aromatic rings. The van der Waals surface area contributed by atoms with Crippen LogP contribution in [0, 0.1) is 6.92 Å². The summed E-state index contributed by atoms with van der Waals surface area (Å²) in [5.74, 6) is 0.832. The van der Waals surface area contributed by atoms with Crippen LogP contribution in [-0.4, -0.2) is 27.0 Å². The minimum absolute atomic E-state index is 0.149. The molecule has 96 valence electrons. The van der Waals surface area contributed by atoms with E-state index in [1.807, 2.05) is 14.0 Å². The smallest absolute Gasteiger partial charge is 0.148 e. The van der Waals surface area contributed by atoms with Gasteiger partial charge in [-0.05, 0) is 19.8 Å². The highest BCUT2D eigenvalue weighted by Gasteiger charge is 2.32. The molecule has 1 heterocycles. The second-order valence-corrected chi connectivity index (χ2v) is 5.10. The number of nitrogens with zero attached hydrogens (tertiary/aromatic N) is 2. The molecular weight excluding hydrogens is 216 g/mol. The van der Waals surface area contributed by atoms with Crippen LogP contribution >= 0.6 is 0 Å². The van der Waals surface area contributed by atoms with E-state index < -0.39 is 0 Å². The number of hydrogen-bond acceptors (Lipinski definition) is 4. The SMILES string of the molecule is Cc1nn(C)c(NC2(CO)CCCCC2)c1N. The first-order chi connectivity index (χ1) is 8.08. The molecule has 1 aromatic heterocycles. The zero-order valence-electron chi connectivity index (χ0n) is 10.7.